The lowest BCUT2D eigenvalue weighted by Gasteiger charge is -2.13. The molecular weight excluding hydrogens is 242 g/mol. The highest BCUT2D eigenvalue weighted by molar-refractivity contribution is 6.81. The minimum absolute atomic E-state index is 0.176. The first kappa shape index (κ1) is 12.2. The van der Waals surface area contributed by atoms with Gasteiger partial charge in [0.05, 0.1) is 13.7 Å². The van der Waals surface area contributed by atoms with E-state index in [1.165, 1.54) is 12.1 Å². The van der Waals surface area contributed by atoms with Crippen molar-refractivity contribution in [1.82, 2.24) is 0 Å². The summed E-state index contributed by atoms with van der Waals surface area (Å²) in [4.78, 5) is 0. The Hall–Kier alpha value is -1.81. The maximum atomic E-state index is 13.2. The van der Waals surface area contributed by atoms with Crippen LogP contribution in [0.2, 0.25) is 0 Å². The lowest BCUT2D eigenvalue weighted by atomic mass is 9.55. The molecule has 19 heavy (non-hydrogen) atoms. The molecule has 0 saturated heterocycles. The number of hydrogen-bond acceptors (Lipinski definition) is 2. The van der Waals surface area contributed by atoms with E-state index < -0.39 is 0 Å². The lowest BCUT2D eigenvalue weighted by Crippen LogP contribution is -2.42. The SMILES string of the molecule is COc1ccc(C)cc1B1OCc2cc(F)ccc21. The van der Waals surface area contributed by atoms with E-state index in [0.29, 0.717) is 6.61 Å². The second-order valence-electron chi connectivity index (χ2n) is 4.78. The molecule has 0 unspecified atom stereocenters. The fraction of sp³-hybridized carbons (Fsp3) is 0.200. The Labute approximate surface area is 112 Å². The van der Waals surface area contributed by atoms with Crippen molar-refractivity contribution in [3.05, 3.63) is 53.3 Å². The van der Waals surface area contributed by atoms with Crippen LogP contribution in [-0.4, -0.2) is 14.0 Å². The van der Waals surface area contributed by atoms with E-state index in [1.54, 1.807) is 13.2 Å². The monoisotopic (exact) mass is 256 g/mol. The summed E-state index contributed by atoms with van der Waals surface area (Å²) in [5.74, 6) is 0.576. The van der Waals surface area contributed by atoms with Crippen LogP contribution in [0.3, 0.4) is 0 Å². The van der Waals surface area contributed by atoms with E-state index in [1.807, 2.05) is 19.1 Å². The second-order valence-corrected chi connectivity index (χ2v) is 4.78. The number of hydrogen-bond donors (Lipinski definition) is 0. The third kappa shape index (κ3) is 2.12. The Morgan fingerprint density at radius 3 is 2.79 bits per heavy atom. The van der Waals surface area contributed by atoms with Gasteiger partial charge in [0, 0.05) is 0 Å². The molecule has 0 atom stereocenters. The standard InChI is InChI=1S/C15H14BFO2/c1-10-3-6-15(18-2)14(7-10)16-13-5-4-12(17)8-11(13)9-19-16/h3-8H,9H2,1-2H3. The summed E-state index contributed by atoms with van der Waals surface area (Å²) in [5.41, 5.74) is 4.07. The van der Waals surface area contributed by atoms with Crippen LogP contribution >= 0.6 is 0 Å². The van der Waals surface area contributed by atoms with Gasteiger partial charge in [0.2, 0.25) is 0 Å². The molecule has 0 amide bonds. The van der Waals surface area contributed by atoms with Gasteiger partial charge in [0.25, 0.3) is 0 Å². The van der Waals surface area contributed by atoms with E-state index in [2.05, 4.69) is 6.07 Å². The summed E-state index contributed by atoms with van der Waals surface area (Å²) in [6.07, 6.45) is 0. The Bertz CT molecular complexity index is 628. The van der Waals surface area contributed by atoms with Crippen LogP contribution in [-0.2, 0) is 11.3 Å². The normalized spacial score (nSPS) is 13.5. The number of fused-ring (bicyclic) bond motifs is 1. The van der Waals surface area contributed by atoms with Crippen LogP contribution < -0.4 is 15.7 Å². The Morgan fingerprint density at radius 2 is 2.00 bits per heavy atom. The van der Waals surface area contributed by atoms with Gasteiger partial charge in [0.1, 0.15) is 11.6 Å². The third-order valence-corrected chi connectivity index (χ3v) is 3.46. The zero-order valence-electron chi connectivity index (χ0n) is 10.9. The first-order valence-electron chi connectivity index (χ1n) is 6.23. The lowest BCUT2D eigenvalue weighted by molar-refractivity contribution is 0.335. The summed E-state index contributed by atoms with van der Waals surface area (Å²) in [6.45, 7) is 2.30. The molecule has 0 aromatic heterocycles. The van der Waals surface area contributed by atoms with E-state index in [-0.39, 0.29) is 12.7 Å². The molecule has 3 rings (SSSR count). The van der Waals surface area contributed by atoms with Crippen molar-refractivity contribution in [3.63, 3.8) is 0 Å². The molecule has 96 valence electrons. The van der Waals surface area contributed by atoms with Gasteiger partial charge >= 0.3 is 6.92 Å². The number of aryl methyl sites for hydroxylation is 1. The predicted molar refractivity (Wildman–Crippen MR) is 73.9 cm³/mol. The summed E-state index contributed by atoms with van der Waals surface area (Å²) in [7, 11) is 1.65. The van der Waals surface area contributed by atoms with Crippen molar-refractivity contribution in [2.45, 2.75) is 13.5 Å². The average Bonchev–Trinajstić information content (AvgIpc) is 2.81. The molecule has 4 heteroatoms. The fourth-order valence-electron chi connectivity index (χ4n) is 2.53. The van der Waals surface area contributed by atoms with Crippen LogP contribution in [0, 0.1) is 12.7 Å². The molecule has 0 aliphatic carbocycles. The van der Waals surface area contributed by atoms with E-state index in [0.717, 1.165) is 27.8 Å². The topological polar surface area (TPSA) is 18.5 Å². The quantitative estimate of drug-likeness (QED) is 0.762. The molecule has 0 fully saturated rings. The highest BCUT2D eigenvalue weighted by atomic mass is 19.1. The van der Waals surface area contributed by atoms with Gasteiger partial charge < -0.3 is 9.39 Å². The number of ether oxygens (including phenoxy) is 1. The summed E-state index contributed by atoms with van der Waals surface area (Å²) in [6, 6.07) is 10.8. The molecule has 1 heterocycles. The minimum Gasteiger partial charge on any atom is -0.497 e. The van der Waals surface area contributed by atoms with Crippen molar-refractivity contribution >= 4 is 17.8 Å². The average molecular weight is 256 g/mol. The van der Waals surface area contributed by atoms with E-state index >= 15 is 0 Å². The Kier molecular flexibility index (Phi) is 3.03. The largest absolute Gasteiger partial charge is 0.497 e. The van der Waals surface area contributed by atoms with Gasteiger partial charge in [-0.15, -0.1) is 0 Å². The number of rotatable bonds is 2. The van der Waals surface area contributed by atoms with Crippen molar-refractivity contribution in [1.29, 1.82) is 0 Å². The highest BCUT2D eigenvalue weighted by Crippen LogP contribution is 2.17. The Balaban J connectivity index is 2.08. The second kappa shape index (κ2) is 4.70. The number of benzene rings is 2. The molecule has 2 aromatic carbocycles. The summed E-state index contributed by atoms with van der Waals surface area (Å²) < 4.78 is 24.4. The van der Waals surface area contributed by atoms with Crippen LogP contribution in [0.1, 0.15) is 11.1 Å². The number of halogens is 1. The van der Waals surface area contributed by atoms with Gasteiger partial charge in [-0.25, -0.2) is 4.39 Å². The van der Waals surface area contributed by atoms with Gasteiger partial charge in [-0.05, 0) is 41.6 Å². The molecule has 0 bridgehead atoms. The smallest absolute Gasteiger partial charge is 0.366 e. The van der Waals surface area contributed by atoms with Crippen molar-refractivity contribution < 1.29 is 13.8 Å². The van der Waals surface area contributed by atoms with Gasteiger partial charge in [-0.1, -0.05) is 23.8 Å². The fourth-order valence-corrected chi connectivity index (χ4v) is 2.53. The van der Waals surface area contributed by atoms with E-state index in [4.69, 9.17) is 9.39 Å². The zero-order chi connectivity index (χ0) is 13.4. The van der Waals surface area contributed by atoms with E-state index in [9.17, 15) is 4.39 Å². The molecular formula is C15H14BFO2. The minimum atomic E-state index is -0.223. The van der Waals surface area contributed by atoms with Crippen LogP contribution in [0.15, 0.2) is 36.4 Å². The van der Waals surface area contributed by atoms with Crippen LogP contribution in [0.25, 0.3) is 0 Å². The summed E-state index contributed by atoms with van der Waals surface area (Å²) >= 11 is 0. The maximum absolute atomic E-state index is 13.2. The first-order chi connectivity index (χ1) is 9.19. The first-order valence-corrected chi connectivity index (χ1v) is 6.23. The molecule has 2 nitrogen and oxygen atoms in total. The highest BCUT2D eigenvalue weighted by Gasteiger charge is 2.32. The molecule has 1 aliphatic heterocycles. The molecule has 1 aliphatic rings. The van der Waals surface area contributed by atoms with Gasteiger partial charge in [0.15, 0.2) is 0 Å². The van der Waals surface area contributed by atoms with Gasteiger partial charge in [-0.3, -0.25) is 0 Å². The summed E-state index contributed by atoms with van der Waals surface area (Å²) in [5, 5.41) is 0. The van der Waals surface area contributed by atoms with Crippen LogP contribution in [0.4, 0.5) is 4.39 Å². The van der Waals surface area contributed by atoms with Gasteiger partial charge in [-0.2, -0.15) is 0 Å². The molecule has 0 saturated carbocycles. The molecule has 2 aromatic rings. The third-order valence-electron chi connectivity index (χ3n) is 3.46. The molecule has 0 radical (unpaired) electrons. The van der Waals surface area contributed by atoms with Crippen molar-refractivity contribution in [3.8, 4) is 5.75 Å². The van der Waals surface area contributed by atoms with Crippen LogP contribution in [0.5, 0.6) is 5.75 Å². The Morgan fingerprint density at radius 1 is 1.16 bits per heavy atom. The molecule has 0 N–H and O–H groups in total. The van der Waals surface area contributed by atoms with Crippen molar-refractivity contribution in [2.75, 3.05) is 7.11 Å². The zero-order valence-corrected chi connectivity index (χ0v) is 10.9. The molecule has 0 spiro atoms. The number of methoxy groups -OCH3 is 1. The predicted octanol–water partition coefficient (Wildman–Crippen LogP) is 1.78. The van der Waals surface area contributed by atoms with Crippen molar-refractivity contribution in [2.24, 2.45) is 0 Å². The maximum Gasteiger partial charge on any atom is 0.366 e.